The number of piperidine rings is 1. The van der Waals surface area contributed by atoms with Gasteiger partial charge in [-0.25, -0.2) is 0 Å². The SMILES string of the molecule is COc1ccccc1OC(C)CNC(=O)CC(C)C1CCCNC1. The van der Waals surface area contributed by atoms with Crippen molar-refractivity contribution in [3.8, 4) is 11.5 Å². The predicted octanol–water partition coefficient (Wildman–Crippen LogP) is 2.60. The Labute approximate surface area is 145 Å². The van der Waals surface area contributed by atoms with Crippen LogP contribution in [0.25, 0.3) is 0 Å². The smallest absolute Gasteiger partial charge is 0.220 e. The average molecular weight is 334 g/mol. The maximum Gasteiger partial charge on any atom is 0.220 e. The molecule has 0 bridgehead atoms. The van der Waals surface area contributed by atoms with Crippen molar-refractivity contribution in [3.63, 3.8) is 0 Å². The summed E-state index contributed by atoms with van der Waals surface area (Å²) >= 11 is 0. The zero-order valence-electron chi connectivity index (χ0n) is 15.0. The van der Waals surface area contributed by atoms with Crippen LogP contribution in [0, 0.1) is 11.8 Å². The van der Waals surface area contributed by atoms with E-state index in [1.165, 1.54) is 12.8 Å². The lowest BCUT2D eigenvalue weighted by atomic mass is 9.85. The van der Waals surface area contributed by atoms with Crippen molar-refractivity contribution in [3.05, 3.63) is 24.3 Å². The number of rotatable bonds is 8. The lowest BCUT2D eigenvalue weighted by Crippen LogP contribution is -2.37. The quantitative estimate of drug-likeness (QED) is 0.767. The third kappa shape index (κ3) is 5.71. The summed E-state index contributed by atoms with van der Waals surface area (Å²) in [5, 5.41) is 6.40. The Kier molecular flexibility index (Phi) is 7.37. The van der Waals surface area contributed by atoms with Gasteiger partial charge >= 0.3 is 0 Å². The molecule has 3 atom stereocenters. The van der Waals surface area contributed by atoms with E-state index in [0.29, 0.717) is 36.3 Å². The molecule has 2 N–H and O–H groups in total. The van der Waals surface area contributed by atoms with Gasteiger partial charge in [-0.3, -0.25) is 4.79 Å². The van der Waals surface area contributed by atoms with Gasteiger partial charge in [0, 0.05) is 6.42 Å². The lowest BCUT2D eigenvalue weighted by molar-refractivity contribution is -0.122. The van der Waals surface area contributed by atoms with Crippen LogP contribution in [0.2, 0.25) is 0 Å². The van der Waals surface area contributed by atoms with Crippen molar-refractivity contribution in [2.75, 3.05) is 26.7 Å². The van der Waals surface area contributed by atoms with E-state index in [1.54, 1.807) is 7.11 Å². The van der Waals surface area contributed by atoms with Crippen LogP contribution in [0.3, 0.4) is 0 Å². The molecular formula is C19H30N2O3. The monoisotopic (exact) mass is 334 g/mol. The van der Waals surface area contributed by atoms with E-state index in [4.69, 9.17) is 9.47 Å². The van der Waals surface area contributed by atoms with Crippen LogP contribution in [0.5, 0.6) is 11.5 Å². The van der Waals surface area contributed by atoms with Gasteiger partial charge in [0.05, 0.1) is 13.7 Å². The molecule has 0 spiro atoms. The number of para-hydroxylation sites is 2. The lowest BCUT2D eigenvalue weighted by Gasteiger charge is -2.28. The molecule has 24 heavy (non-hydrogen) atoms. The number of carbonyl (C=O) groups is 1. The Morgan fingerprint density at radius 3 is 2.75 bits per heavy atom. The van der Waals surface area contributed by atoms with Gasteiger partial charge < -0.3 is 20.1 Å². The highest BCUT2D eigenvalue weighted by Gasteiger charge is 2.22. The van der Waals surface area contributed by atoms with Crippen LogP contribution < -0.4 is 20.1 Å². The molecule has 1 amide bonds. The Morgan fingerprint density at radius 2 is 2.08 bits per heavy atom. The second-order valence-electron chi connectivity index (χ2n) is 6.67. The van der Waals surface area contributed by atoms with Crippen LogP contribution in [-0.2, 0) is 4.79 Å². The molecule has 1 aliphatic heterocycles. The summed E-state index contributed by atoms with van der Waals surface area (Å²) in [6.45, 7) is 6.74. The maximum atomic E-state index is 12.2. The summed E-state index contributed by atoms with van der Waals surface area (Å²) < 4.78 is 11.1. The van der Waals surface area contributed by atoms with Gasteiger partial charge in [-0.2, -0.15) is 0 Å². The summed E-state index contributed by atoms with van der Waals surface area (Å²) in [6.07, 6.45) is 2.89. The number of methoxy groups -OCH3 is 1. The number of ether oxygens (including phenoxy) is 2. The molecule has 5 heteroatoms. The molecule has 1 aliphatic rings. The van der Waals surface area contributed by atoms with Gasteiger partial charge in [0.15, 0.2) is 11.5 Å². The maximum absolute atomic E-state index is 12.2. The molecule has 5 nitrogen and oxygen atoms in total. The van der Waals surface area contributed by atoms with E-state index in [1.807, 2.05) is 31.2 Å². The van der Waals surface area contributed by atoms with Crippen molar-refractivity contribution in [1.29, 1.82) is 0 Å². The van der Waals surface area contributed by atoms with Gasteiger partial charge in [0.2, 0.25) is 5.91 Å². The van der Waals surface area contributed by atoms with Crippen molar-refractivity contribution in [1.82, 2.24) is 10.6 Å². The number of benzene rings is 1. The minimum Gasteiger partial charge on any atom is -0.493 e. The second-order valence-corrected chi connectivity index (χ2v) is 6.67. The van der Waals surface area contributed by atoms with Crippen LogP contribution in [-0.4, -0.2) is 38.8 Å². The third-order valence-corrected chi connectivity index (χ3v) is 4.63. The molecule has 0 saturated carbocycles. The van der Waals surface area contributed by atoms with E-state index >= 15 is 0 Å². The number of hydrogen-bond acceptors (Lipinski definition) is 4. The summed E-state index contributed by atoms with van der Waals surface area (Å²) in [7, 11) is 1.62. The molecule has 2 rings (SSSR count). The predicted molar refractivity (Wildman–Crippen MR) is 95.5 cm³/mol. The number of carbonyl (C=O) groups excluding carboxylic acids is 1. The Morgan fingerprint density at radius 1 is 1.33 bits per heavy atom. The first-order valence-corrected chi connectivity index (χ1v) is 8.87. The zero-order valence-corrected chi connectivity index (χ0v) is 15.0. The van der Waals surface area contributed by atoms with E-state index in [9.17, 15) is 4.79 Å². The normalized spacial score (nSPS) is 20.0. The molecule has 1 aromatic carbocycles. The molecule has 0 aromatic heterocycles. The van der Waals surface area contributed by atoms with Crippen LogP contribution >= 0.6 is 0 Å². The largest absolute Gasteiger partial charge is 0.493 e. The first kappa shape index (κ1) is 18.6. The highest BCUT2D eigenvalue weighted by molar-refractivity contribution is 5.76. The standard InChI is InChI=1S/C19H30N2O3/c1-14(16-7-6-10-20-13-16)11-19(22)21-12-15(2)24-18-9-5-4-8-17(18)23-3/h4-5,8-9,14-16,20H,6-7,10-13H2,1-3H3,(H,21,22). The molecule has 0 aliphatic carbocycles. The Bertz CT molecular complexity index is 515. The number of nitrogens with one attached hydrogen (secondary N) is 2. The van der Waals surface area contributed by atoms with E-state index in [-0.39, 0.29) is 12.0 Å². The summed E-state index contributed by atoms with van der Waals surface area (Å²) in [6, 6.07) is 7.54. The zero-order chi connectivity index (χ0) is 17.4. The van der Waals surface area contributed by atoms with E-state index in [2.05, 4.69) is 17.6 Å². The minimum absolute atomic E-state index is 0.101. The van der Waals surface area contributed by atoms with Gasteiger partial charge in [-0.1, -0.05) is 19.1 Å². The fourth-order valence-electron chi connectivity index (χ4n) is 3.13. The first-order chi connectivity index (χ1) is 11.6. The molecule has 134 valence electrons. The molecule has 1 heterocycles. The van der Waals surface area contributed by atoms with E-state index < -0.39 is 0 Å². The van der Waals surface area contributed by atoms with Crippen molar-refractivity contribution in [2.24, 2.45) is 11.8 Å². The highest BCUT2D eigenvalue weighted by Crippen LogP contribution is 2.26. The van der Waals surface area contributed by atoms with Gasteiger partial charge in [-0.05, 0) is 56.8 Å². The van der Waals surface area contributed by atoms with Crippen LogP contribution in [0.4, 0.5) is 0 Å². The van der Waals surface area contributed by atoms with Crippen molar-refractivity contribution in [2.45, 2.75) is 39.2 Å². The van der Waals surface area contributed by atoms with Crippen LogP contribution in [0.1, 0.15) is 33.1 Å². The topological polar surface area (TPSA) is 59.6 Å². The van der Waals surface area contributed by atoms with Gasteiger partial charge in [0.1, 0.15) is 6.10 Å². The molecule has 0 radical (unpaired) electrons. The summed E-state index contributed by atoms with van der Waals surface area (Å²) in [5.41, 5.74) is 0. The Balaban J connectivity index is 1.72. The van der Waals surface area contributed by atoms with Gasteiger partial charge in [0.25, 0.3) is 0 Å². The average Bonchev–Trinajstić information content (AvgIpc) is 2.61. The summed E-state index contributed by atoms with van der Waals surface area (Å²) in [5.74, 6) is 2.51. The molecule has 3 unspecified atom stereocenters. The number of amides is 1. The fraction of sp³-hybridized carbons (Fsp3) is 0.632. The van der Waals surface area contributed by atoms with E-state index in [0.717, 1.165) is 13.1 Å². The van der Waals surface area contributed by atoms with Crippen molar-refractivity contribution >= 4 is 5.91 Å². The van der Waals surface area contributed by atoms with Crippen molar-refractivity contribution < 1.29 is 14.3 Å². The fourth-order valence-corrected chi connectivity index (χ4v) is 3.13. The van der Waals surface area contributed by atoms with Gasteiger partial charge in [-0.15, -0.1) is 0 Å². The van der Waals surface area contributed by atoms with Crippen LogP contribution in [0.15, 0.2) is 24.3 Å². The second kappa shape index (κ2) is 9.52. The Hall–Kier alpha value is -1.75. The minimum atomic E-state index is -0.114. The first-order valence-electron chi connectivity index (χ1n) is 8.87. The molecular weight excluding hydrogens is 304 g/mol. The molecule has 1 aromatic rings. The summed E-state index contributed by atoms with van der Waals surface area (Å²) in [4.78, 5) is 12.2. The molecule has 1 saturated heterocycles. The number of hydrogen-bond donors (Lipinski definition) is 2. The molecule has 1 fully saturated rings. The highest BCUT2D eigenvalue weighted by atomic mass is 16.5. The third-order valence-electron chi connectivity index (χ3n) is 4.63.